The lowest BCUT2D eigenvalue weighted by Crippen LogP contribution is -2.54. The number of pyridine rings is 1. The molecule has 0 aliphatic carbocycles. The van der Waals surface area contributed by atoms with Gasteiger partial charge in [-0.1, -0.05) is 108 Å². The predicted molar refractivity (Wildman–Crippen MR) is 134 cm³/mol. The molecular weight excluding hydrogens is 451 g/mol. The molecule has 1 aliphatic rings. The lowest BCUT2D eigenvalue weighted by Gasteiger charge is -2.45. The van der Waals surface area contributed by atoms with Gasteiger partial charge in [-0.25, -0.2) is 4.98 Å². The van der Waals surface area contributed by atoms with E-state index >= 15 is 0 Å². The zero-order valence-corrected chi connectivity index (χ0v) is 19.5. The summed E-state index contributed by atoms with van der Waals surface area (Å²) in [6.07, 6.45) is 1.54. The van der Waals surface area contributed by atoms with Crippen molar-refractivity contribution in [2.45, 2.75) is 18.2 Å². The summed E-state index contributed by atoms with van der Waals surface area (Å²) in [5.41, 5.74) is 4.44. The minimum atomic E-state index is -0.303. The van der Waals surface area contributed by atoms with Crippen molar-refractivity contribution < 1.29 is 4.74 Å². The van der Waals surface area contributed by atoms with Crippen LogP contribution in [0.2, 0.25) is 10.2 Å². The smallest absolute Gasteiger partial charge is 0.129 e. The Bertz CT molecular complexity index is 1140. The van der Waals surface area contributed by atoms with Crippen molar-refractivity contribution in [1.82, 2.24) is 9.88 Å². The van der Waals surface area contributed by atoms with Crippen LogP contribution < -0.4 is 0 Å². The first kappa shape index (κ1) is 22.1. The second-order valence-electron chi connectivity index (χ2n) is 8.25. The molecule has 4 aromatic rings. The van der Waals surface area contributed by atoms with Crippen LogP contribution in [0.15, 0.2) is 103 Å². The molecule has 0 spiro atoms. The van der Waals surface area contributed by atoms with Gasteiger partial charge in [0.25, 0.3) is 0 Å². The maximum atomic E-state index is 6.62. The number of rotatable bonds is 7. The zero-order valence-electron chi connectivity index (χ0n) is 18.0. The van der Waals surface area contributed by atoms with Crippen molar-refractivity contribution in [3.8, 4) is 0 Å². The summed E-state index contributed by atoms with van der Waals surface area (Å²) >= 11 is 12.6. The Morgan fingerprint density at radius 2 is 1.33 bits per heavy atom. The van der Waals surface area contributed by atoms with E-state index in [2.05, 4.69) is 70.5 Å². The van der Waals surface area contributed by atoms with Gasteiger partial charge in [0.15, 0.2) is 0 Å². The van der Waals surface area contributed by atoms with Crippen molar-refractivity contribution in [2.24, 2.45) is 0 Å². The number of nitrogens with zero attached hydrogens (tertiary/aromatic N) is 2. The largest absolute Gasteiger partial charge is 0.363 e. The third-order valence-electron chi connectivity index (χ3n) is 6.04. The number of hydrogen-bond acceptors (Lipinski definition) is 3. The predicted octanol–water partition coefficient (Wildman–Crippen LogP) is 6.97. The third-order valence-corrected chi connectivity index (χ3v) is 6.61. The van der Waals surface area contributed by atoms with Gasteiger partial charge >= 0.3 is 0 Å². The lowest BCUT2D eigenvalue weighted by atomic mass is 9.93. The summed E-state index contributed by atoms with van der Waals surface area (Å²) in [4.78, 5) is 6.72. The maximum absolute atomic E-state index is 6.62. The van der Waals surface area contributed by atoms with Crippen LogP contribution >= 0.6 is 23.2 Å². The van der Waals surface area contributed by atoms with Gasteiger partial charge < -0.3 is 4.74 Å². The second kappa shape index (κ2) is 10.1. The highest BCUT2D eigenvalue weighted by Crippen LogP contribution is 2.37. The fourth-order valence-electron chi connectivity index (χ4n) is 4.41. The quantitative estimate of drug-likeness (QED) is 0.270. The van der Waals surface area contributed by atoms with E-state index in [9.17, 15) is 0 Å². The number of hydrogen-bond donors (Lipinski definition) is 0. The first-order valence-electron chi connectivity index (χ1n) is 11.0. The molecule has 2 heterocycles. The maximum Gasteiger partial charge on any atom is 0.129 e. The van der Waals surface area contributed by atoms with Gasteiger partial charge in [0.05, 0.1) is 12.1 Å². The van der Waals surface area contributed by atoms with Gasteiger partial charge in [0.1, 0.15) is 11.3 Å². The molecule has 0 bridgehead atoms. The van der Waals surface area contributed by atoms with Gasteiger partial charge in [-0.05, 0) is 23.3 Å². The van der Waals surface area contributed by atoms with Crippen LogP contribution in [-0.4, -0.2) is 29.1 Å². The lowest BCUT2D eigenvalue weighted by molar-refractivity contribution is -0.0910. The molecule has 3 nitrogen and oxygen atoms in total. The highest BCUT2D eigenvalue weighted by Gasteiger charge is 2.36. The van der Waals surface area contributed by atoms with E-state index in [1.807, 2.05) is 30.3 Å². The summed E-state index contributed by atoms with van der Waals surface area (Å²) in [5.74, 6) is 0. The van der Waals surface area contributed by atoms with Crippen LogP contribution in [0.3, 0.4) is 0 Å². The van der Waals surface area contributed by atoms with Crippen molar-refractivity contribution in [1.29, 1.82) is 0 Å². The molecule has 166 valence electrons. The summed E-state index contributed by atoms with van der Waals surface area (Å²) < 4.78 is 6.62. The Labute approximate surface area is 204 Å². The van der Waals surface area contributed by atoms with E-state index in [4.69, 9.17) is 27.9 Å². The minimum absolute atomic E-state index is 0.0804. The van der Waals surface area contributed by atoms with Crippen LogP contribution in [0.1, 0.15) is 34.4 Å². The molecular formula is C28H24Cl2N2O. The molecule has 33 heavy (non-hydrogen) atoms. The van der Waals surface area contributed by atoms with Gasteiger partial charge in [0, 0.05) is 35.4 Å². The molecule has 3 aromatic carbocycles. The van der Waals surface area contributed by atoms with Gasteiger partial charge in [0.2, 0.25) is 0 Å². The normalized spacial score (nSPS) is 15.4. The van der Waals surface area contributed by atoms with Gasteiger partial charge in [-0.3, -0.25) is 4.90 Å². The van der Waals surface area contributed by atoms with E-state index in [-0.39, 0.29) is 18.2 Å². The first-order chi connectivity index (χ1) is 16.2. The number of halogens is 2. The Kier molecular flexibility index (Phi) is 6.75. The van der Waals surface area contributed by atoms with Crippen LogP contribution in [0.5, 0.6) is 0 Å². The van der Waals surface area contributed by atoms with Crippen molar-refractivity contribution in [3.05, 3.63) is 136 Å². The van der Waals surface area contributed by atoms with Crippen LogP contribution in [-0.2, 0) is 4.74 Å². The molecule has 1 aromatic heterocycles. The molecule has 0 radical (unpaired) electrons. The Morgan fingerprint density at radius 3 is 1.91 bits per heavy atom. The Hall–Kier alpha value is -2.69. The van der Waals surface area contributed by atoms with Crippen molar-refractivity contribution in [3.63, 3.8) is 0 Å². The van der Waals surface area contributed by atoms with Crippen molar-refractivity contribution >= 4 is 23.2 Å². The van der Waals surface area contributed by atoms with Crippen molar-refractivity contribution in [2.75, 3.05) is 13.1 Å². The summed E-state index contributed by atoms with van der Waals surface area (Å²) in [6, 6.07) is 33.0. The molecule has 0 amide bonds. The highest BCUT2D eigenvalue weighted by molar-refractivity contribution is 6.31. The molecule has 1 aliphatic heterocycles. The average molecular weight is 475 g/mol. The fraction of sp³-hybridized carbons (Fsp3) is 0.179. The summed E-state index contributed by atoms with van der Waals surface area (Å²) in [5, 5.41) is 1.14. The first-order valence-corrected chi connectivity index (χ1v) is 11.8. The zero-order chi connectivity index (χ0) is 22.6. The highest BCUT2D eigenvalue weighted by atomic mass is 35.5. The van der Waals surface area contributed by atoms with E-state index < -0.39 is 0 Å². The molecule has 1 unspecified atom stereocenters. The number of likely N-dealkylation sites (tertiary alicyclic amines) is 1. The number of ether oxygens (including phenoxy) is 1. The Balaban J connectivity index is 1.37. The summed E-state index contributed by atoms with van der Waals surface area (Å²) in [6.45, 7) is 1.66. The topological polar surface area (TPSA) is 25.4 Å². The molecule has 5 heteroatoms. The fourth-order valence-corrected chi connectivity index (χ4v) is 4.75. The average Bonchev–Trinajstić information content (AvgIpc) is 2.83. The van der Waals surface area contributed by atoms with Crippen LogP contribution in [0, 0.1) is 0 Å². The standard InChI is InChI=1S/C28H24Cl2N2O/c29-25-14-8-7-13-24(25)28(22-15-16-26(30)31-17-22)33-23-18-32(19-23)27(20-9-3-1-4-10-20)21-11-5-2-6-12-21/h1-17,23,27-28H,18-19H2. The summed E-state index contributed by atoms with van der Waals surface area (Å²) in [7, 11) is 0. The van der Waals surface area contributed by atoms with Gasteiger partial charge in [-0.2, -0.15) is 0 Å². The van der Waals surface area contributed by atoms with E-state index in [0.717, 1.165) is 24.2 Å². The van der Waals surface area contributed by atoms with Gasteiger partial charge in [-0.15, -0.1) is 0 Å². The monoisotopic (exact) mass is 474 g/mol. The number of benzene rings is 3. The SMILES string of the molecule is Clc1ccc(C(OC2CN(C(c3ccccc3)c3ccccc3)C2)c2ccccc2Cl)cn1. The molecule has 5 rings (SSSR count). The van der Waals surface area contributed by atoms with E-state index in [1.54, 1.807) is 12.3 Å². The molecule has 0 N–H and O–H groups in total. The van der Waals surface area contributed by atoms with Crippen LogP contribution in [0.25, 0.3) is 0 Å². The molecule has 1 fully saturated rings. The molecule has 1 atom stereocenters. The van der Waals surface area contributed by atoms with E-state index in [1.165, 1.54) is 11.1 Å². The number of aromatic nitrogens is 1. The second-order valence-corrected chi connectivity index (χ2v) is 9.05. The minimum Gasteiger partial charge on any atom is -0.363 e. The van der Waals surface area contributed by atoms with Crippen LogP contribution in [0.4, 0.5) is 0 Å². The molecule has 1 saturated heterocycles. The third kappa shape index (κ3) is 4.97. The van der Waals surface area contributed by atoms with E-state index in [0.29, 0.717) is 10.2 Å². The Morgan fingerprint density at radius 1 is 0.727 bits per heavy atom. The molecule has 0 saturated carbocycles.